The molecule has 0 heterocycles. The van der Waals surface area contributed by atoms with Gasteiger partial charge in [0, 0.05) is 16.2 Å². The quantitative estimate of drug-likeness (QED) is 0.156. The third kappa shape index (κ3) is 6.35. The van der Waals surface area contributed by atoms with E-state index in [1.165, 1.54) is 134 Å². The van der Waals surface area contributed by atoms with E-state index in [1.54, 1.807) is 0 Å². The van der Waals surface area contributed by atoms with Crippen molar-refractivity contribution in [2.45, 2.75) is 57.8 Å². The van der Waals surface area contributed by atoms with Gasteiger partial charge in [-0.3, -0.25) is 0 Å². The molecule has 0 N–H and O–H groups in total. The largest absolute Gasteiger partial charge is 0.0622 e. The predicted octanol–water partition coefficient (Wildman–Crippen LogP) is 18.6. The van der Waals surface area contributed by atoms with Gasteiger partial charge in [-0.05, 0) is 176 Å². The fourth-order valence-electron chi connectivity index (χ4n) is 12.4. The van der Waals surface area contributed by atoms with Crippen LogP contribution in [0.2, 0.25) is 0 Å². The normalized spacial score (nSPS) is 14.9. The highest BCUT2D eigenvalue weighted by Gasteiger charge is 2.39. The van der Waals surface area contributed by atoms with Crippen molar-refractivity contribution in [3.05, 3.63) is 252 Å². The summed E-state index contributed by atoms with van der Waals surface area (Å²) in [6.07, 6.45) is 0. The van der Waals surface area contributed by atoms with E-state index in [0.717, 1.165) is 0 Å². The van der Waals surface area contributed by atoms with Gasteiger partial charge in [0.25, 0.3) is 0 Å². The van der Waals surface area contributed by atoms with Gasteiger partial charge in [-0.2, -0.15) is 0 Å². The van der Waals surface area contributed by atoms with Crippen molar-refractivity contribution in [3.8, 4) is 100 Å². The Morgan fingerprint density at radius 3 is 0.783 bits per heavy atom. The number of hydrogen-bond acceptors (Lipinski definition) is 0. The molecule has 330 valence electrons. The van der Waals surface area contributed by atoms with Gasteiger partial charge in [-0.25, -0.2) is 0 Å². The second-order valence-corrected chi connectivity index (χ2v) is 21.3. The lowest BCUT2D eigenvalue weighted by molar-refractivity contribution is 0.659. The highest BCUT2D eigenvalue weighted by atomic mass is 14.4. The summed E-state index contributed by atoms with van der Waals surface area (Å²) in [6.45, 7) is 14.4. The molecule has 3 aliphatic carbocycles. The third-order valence-corrected chi connectivity index (χ3v) is 16.3. The van der Waals surface area contributed by atoms with E-state index < -0.39 is 0 Å². The van der Waals surface area contributed by atoms with Gasteiger partial charge in [0.05, 0.1) is 0 Å². The average Bonchev–Trinajstić information content (AvgIpc) is 3.87. The van der Waals surface area contributed by atoms with E-state index in [2.05, 4.69) is 260 Å². The number of rotatable bonds is 6. The lowest BCUT2D eigenvalue weighted by Gasteiger charge is -2.24. The molecule has 0 saturated heterocycles. The molecular weight excluding hydrogens is 829 g/mol. The van der Waals surface area contributed by atoms with Crippen molar-refractivity contribution >= 4 is 0 Å². The molecule has 0 bridgehead atoms. The van der Waals surface area contributed by atoms with Crippen molar-refractivity contribution in [2.75, 3.05) is 0 Å². The molecule has 0 spiro atoms. The van der Waals surface area contributed by atoms with E-state index >= 15 is 0 Å². The Labute approximate surface area is 407 Å². The lowest BCUT2D eigenvalue weighted by Crippen LogP contribution is -2.16. The molecule has 0 aromatic heterocycles. The second-order valence-electron chi connectivity index (χ2n) is 21.3. The molecule has 69 heavy (non-hydrogen) atoms. The first kappa shape index (κ1) is 41.4. The summed E-state index contributed by atoms with van der Waals surface area (Å²) in [5.41, 5.74) is 31.1. The molecule has 0 nitrogen and oxygen atoms in total. The van der Waals surface area contributed by atoms with E-state index in [-0.39, 0.29) is 16.2 Å². The summed E-state index contributed by atoms with van der Waals surface area (Å²) >= 11 is 0. The average molecular weight is 883 g/mol. The molecule has 13 rings (SSSR count). The minimum Gasteiger partial charge on any atom is -0.0622 e. The molecule has 3 aliphatic rings. The zero-order valence-corrected chi connectivity index (χ0v) is 40.3. The maximum Gasteiger partial charge on any atom is 0.0159 e. The van der Waals surface area contributed by atoms with Gasteiger partial charge in [0.15, 0.2) is 0 Å². The fourth-order valence-corrected chi connectivity index (χ4v) is 12.4. The van der Waals surface area contributed by atoms with E-state index in [4.69, 9.17) is 0 Å². The van der Waals surface area contributed by atoms with Crippen LogP contribution in [0.3, 0.4) is 0 Å². The number of hydrogen-bond donors (Lipinski definition) is 0. The summed E-state index contributed by atoms with van der Waals surface area (Å²) in [5.74, 6) is 0. The van der Waals surface area contributed by atoms with Crippen LogP contribution in [0, 0.1) is 0 Å². The smallest absolute Gasteiger partial charge is 0.0159 e. The molecule has 0 fully saturated rings. The van der Waals surface area contributed by atoms with Crippen molar-refractivity contribution in [1.29, 1.82) is 0 Å². The minimum absolute atomic E-state index is 0.135. The molecule has 0 heteroatoms. The van der Waals surface area contributed by atoms with E-state index in [0.29, 0.717) is 0 Å². The van der Waals surface area contributed by atoms with Crippen molar-refractivity contribution in [1.82, 2.24) is 0 Å². The highest BCUT2D eigenvalue weighted by Crippen LogP contribution is 2.55. The van der Waals surface area contributed by atoms with Crippen LogP contribution in [0.4, 0.5) is 0 Å². The Morgan fingerprint density at radius 1 is 0.174 bits per heavy atom. The zero-order valence-electron chi connectivity index (χ0n) is 40.3. The lowest BCUT2D eigenvalue weighted by atomic mass is 9.79. The summed E-state index contributed by atoms with van der Waals surface area (Å²) in [4.78, 5) is 0. The maximum absolute atomic E-state index is 2.48. The first-order valence-electron chi connectivity index (χ1n) is 24.6. The number of benzene rings is 10. The van der Waals surface area contributed by atoms with Crippen molar-refractivity contribution in [2.24, 2.45) is 0 Å². The monoisotopic (exact) mass is 882 g/mol. The van der Waals surface area contributed by atoms with Crippen LogP contribution < -0.4 is 0 Å². The van der Waals surface area contributed by atoms with Gasteiger partial charge in [-0.1, -0.05) is 217 Å². The predicted molar refractivity (Wildman–Crippen MR) is 292 cm³/mol. The van der Waals surface area contributed by atoms with Gasteiger partial charge >= 0.3 is 0 Å². The Morgan fingerprint density at radius 2 is 0.420 bits per heavy atom. The van der Waals surface area contributed by atoms with Crippen LogP contribution in [-0.2, 0) is 16.2 Å². The van der Waals surface area contributed by atoms with E-state index in [9.17, 15) is 0 Å². The second kappa shape index (κ2) is 15.1. The highest BCUT2D eigenvalue weighted by molar-refractivity contribution is 5.92. The van der Waals surface area contributed by atoms with Crippen molar-refractivity contribution in [3.63, 3.8) is 0 Å². The first-order chi connectivity index (χ1) is 33.4. The minimum atomic E-state index is -0.157. The van der Waals surface area contributed by atoms with Crippen molar-refractivity contribution < 1.29 is 0 Å². The Hall–Kier alpha value is -7.80. The van der Waals surface area contributed by atoms with Crippen LogP contribution in [0.15, 0.2) is 218 Å². The molecule has 10 aromatic carbocycles. The van der Waals surface area contributed by atoms with Gasteiger partial charge in [0.2, 0.25) is 0 Å². The van der Waals surface area contributed by atoms with Crippen LogP contribution >= 0.6 is 0 Å². The molecule has 0 amide bonds. The standard InChI is InChI=1S/C69H54/c1-67(2)61-37-47(46-21-15-20-45(36-46)43-16-9-7-10-17-43)24-30-55(61)56-31-25-48(38-62(56)67)49-26-32-57-58-33-27-50(40-64(58)68(3,4)63(57)39-49)51-28-34-59-60-35-29-52(42-66(60)69(5,6)65(59)41-51)54-23-14-13-22-53(54)44-18-11-8-12-19-44/h7-42H,1-6H3. The molecule has 0 unspecified atom stereocenters. The maximum atomic E-state index is 2.48. The Bertz CT molecular complexity index is 3730. The van der Waals surface area contributed by atoms with Crippen LogP contribution in [0.25, 0.3) is 100 Å². The summed E-state index contributed by atoms with van der Waals surface area (Å²) in [5, 5.41) is 0. The third-order valence-electron chi connectivity index (χ3n) is 16.3. The fraction of sp³-hybridized carbons (Fsp3) is 0.130. The Balaban J connectivity index is 0.791. The molecule has 0 aliphatic heterocycles. The van der Waals surface area contributed by atoms with Gasteiger partial charge in [-0.15, -0.1) is 0 Å². The molecule has 0 saturated carbocycles. The molecular formula is C69H54. The molecule has 0 radical (unpaired) electrons. The summed E-state index contributed by atoms with van der Waals surface area (Å²) in [6, 6.07) is 82.2. The SMILES string of the molecule is CC1(C)c2cc(-c3cccc(-c4ccccc4)c3)ccc2-c2ccc(-c3ccc4c(c3)C(C)(C)c3cc(-c5ccc6c(c5)C(C)(C)c5cc(-c7ccccc7-c7ccccc7)ccc5-6)ccc3-4)cc21. The summed E-state index contributed by atoms with van der Waals surface area (Å²) in [7, 11) is 0. The van der Waals surface area contributed by atoms with E-state index in [1.807, 2.05) is 0 Å². The number of fused-ring (bicyclic) bond motifs is 9. The Kier molecular flexibility index (Phi) is 9.06. The van der Waals surface area contributed by atoms with Gasteiger partial charge < -0.3 is 0 Å². The van der Waals surface area contributed by atoms with Crippen LogP contribution in [0.1, 0.15) is 74.9 Å². The van der Waals surface area contributed by atoms with Gasteiger partial charge in [0.1, 0.15) is 0 Å². The summed E-state index contributed by atoms with van der Waals surface area (Å²) < 4.78 is 0. The van der Waals surface area contributed by atoms with Crippen LogP contribution in [0.5, 0.6) is 0 Å². The molecule has 10 aromatic rings. The van der Waals surface area contributed by atoms with Crippen LogP contribution in [-0.4, -0.2) is 0 Å². The topological polar surface area (TPSA) is 0 Å². The first-order valence-corrected chi connectivity index (χ1v) is 24.6. The molecule has 0 atom stereocenters. The zero-order chi connectivity index (χ0) is 46.8.